The number of rotatable bonds is 8. The number of fused-ring (bicyclic) bond motifs is 1. The molecule has 0 atom stereocenters. The highest BCUT2D eigenvalue weighted by molar-refractivity contribution is 6.31. The molecular weight excluding hydrogens is 344 g/mol. The molecule has 4 nitrogen and oxygen atoms in total. The van der Waals surface area contributed by atoms with Gasteiger partial charge in [-0.1, -0.05) is 17.7 Å². The third-order valence-electron chi connectivity index (χ3n) is 4.38. The molecule has 0 aliphatic heterocycles. The average Bonchev–Trinajstić information content (AvgIpc) is 2.62. The van der Waals surface area contributed by atoms with E-state index in [1.54, 1.807) is 0 Å². The van der Waals surface area contributed by atoms with Crippen molar-refractivity contribution in [1.82, 2.24) is 19.8 Å². The standard InChI is InChI=1S/C21H25ClN4/c1-25(2)12-5-13-26(16-19-6-3-4-10-23-19)15-17-9-11-24-21-8-7-18(22)14-20(17)21/h3-4,6-11,14H,5,12-13,15-16H2,1-2H3. The Kier molecular flexibility index (Phi) is 6.56. The number of hydrogen-bond acceptors (Lipinski definition) is 4. The molecule has 26 heavy (non-hydrogen) atoms. The molecule has 0 bridgehead atoms. The average molecular weight is 369 g/mol. The van der Waals surface area contributed by atoms with Gasteiger partial charge in [-0.05, 0) is 69.0 Å². The molecule has 0 spiro atoms. The van der Waals surface area contributed by atoms with Gasteiger partial charge in [0.05, 0.1) is 11.2 Å². The van der Waals surface area contributed by atoms with Crippen molar-refractivity contribution in [3.8, 4) is 0 Å². The molecule has 0 N–H and O–H groups in total. The molecule has 2 heterocycles. The van der Waals surface area contributed by atoms with Gasteiger partial charge in [0.2, 0.25) is 0 Å². The maximum absolute atomic E-state index is 6.22. The number of aromatic nitrogens is 2. The van der Waals surface area contributed by atoms with Crippen LogP contribution in [-0.2, 0) is 13.1 Å². The van der Waals surface area contributed by atoms with Gasteiger partial charge < -0.3 is 4.90 Å². The summed E-state index contributed by atoms with van der Waals surface area (Å²) >= 11 is 6.22. The predicted octanol–water partition coefficient (Wildman–Crippen LogP) is 4.24. The Morgan fingerprint density at radius 1 is 0.923 bits per heavy atom. The summed E-state index contributed by atoms with van der Waals surface area (Å²) < 4.78 is 0. The Labute approximate surface area is 160 Å². The Balaban J connectivity index is 1.81. The second-order valence-corrected chi connectivity index (χ2v) is 7.26. The summed E-state index contributed by atoms with van der Waals surface area (Å²) in [6.07, 6.45) is 4.85. The minimum atomic E-state index is 0.746. The van der Waals surface area contributed by atoms with E-state index in [2.05, 4.69) is 46.0 Å². The first kappa shape index (κ1) is 18.8. The Bertz CT molecular complexity index is 836. The molecule has 3 aromatic rings. The van der Waals surface area contributed by atoms with Crippen molar-refractivity contribution in [2.75, 3.05) is 27.2 Å². The molecule has 1 aromatic carbocycles. The molecule has 0 saturated carbocycles. The van der Waals surface area contributed by atoms with Crippen LogP contribution >= 0.6 is 11.6 Å². The van der Waals surface area contributed by atoms with Crippen LogP contribution < -0.4 is 0 Å². The maximum atomic E-state index is 6.22. The highest BCUT2D eigenvalue weighted by atomic mass is 35.5. The molecule has 5 heteroatoms. The van der Waals surface area contributed by atoms with Gasteiger partial charge in [-0.2, -0.15) is 0 Å². The molecule has 0 saturated heterocycles. The fourth-order valence-electron chi connectivity index (χ4n) is 3.10. The molecule has 0 aliphatic rings. The van der Waals surface area contributed by atoms with Gasteiger partial charge in [-0.25, -0.2) is 0 Å². The predicted molar refractivity (Wildman–Crippen MR) is 108 cm³/mol. The smallest absolute Gasteiger partial charge is 0.0706 e. The lowest BCUT2D eigenvalue weighted by Gasteiger charge is -2.23. The van der Waals surface area contributed by atoms with Gasteiger partial charge in [-0.15, -0.1) is 0 Å². The van der Waals surface area contributed by atoms with Crippen LogP contribution in [0.15, 0.2) is 54.9 Å². The zero-order valence-electron chi connectivity index (χ0n) is 15.4. The summed E-state index contributed by atoms with van der Waals surface area (Å²) in [5, 5.41) is 1.87. The summed E-state index contributed by atoms with van der Waals surface area (Å²) in [4.78, 5) is 13.6. The van der Waals surface area contributed by atoms with Crippen molar-refractivity contribution in [2.45, 2.75) is 19.5 Å². The van der Waals surface area contributed by atoms with E-state index in [9.17, 15) is 0 Å². The molecular formula is C21H25ClN4. The van der Waals surface area contributed by atoms with Crippen LogP contribution in [0.3, 0.4) is 0 Å². The summed E-state index contributed by atoms with van der Waals surface area (Å²) in [6.45, 7) is 3.77. The van der Waals surface area contributed by atoms with Crippen LogP contribution in [0.5, 0.6) is 0 Å². The monoisotopic (exact) mass is 368 g/mol. The fraction of sp³-hybridized carbons (Fsp3) is 0.333. The molecule has 136 valence electrons. The lowest BCUT2D eigenvalue weighted by atomic mass is 10.1. The SMILES string of the molecule is CN(C)CCCN(Cc1ccccn1)Cc1ccnc2ccc(Cl)cc12. The van der Waals surface area contributed by atoms with E-state index in [4.69, 9.17) is 11.6 Å². The van der Waals surface area contributed by atoms with E-state index in [1.165, 1.54) is 5.56 Å². The van der Waals surface area contributed by atoms with Crippen molar-refractivity contribution in [2.24, 2.45) is 0 Å². The largest absolute Gasteiger partial charge is 0.309 e. The van der Waals surface area contributed by atoms with E-state index in [-0.39, 0.29) is 0 Å². The second-order valence-electron chi connectivity index (χ2n) is 6.82. The Hall–Kier alpha value is -2.01. The van der Waals surface area contributed by atoms with Crippen LogP contribution in [-0.4, -0.2) is 47.0 Å². The highest BCUT2D eigenvalue weighted by Crippen LogP contribution is 2.23. The van der Waals surface area contributed by atoms with Gasteiger partial charge in [0.25, 0.3) is 0 Å². The quantitative estimate of drug-likeness (QED) is 0.595. The first-order valence-corrected chi connectivity index (χ1v) is 9.30. The van der Waals surface area contributed by atoms with Gasteiger partial charge in [0, 0.05) is 42.4 Å². The van der Waals surface area contributed by atoms with E-state index < -0.39 is 0 Å². The number of pyridine rings is 2. The maximum Gasteiger partial charge on any atom is 0.0706 e. The van der Waals surface area contributed by atoms with Crippen LogP contribution in [0.1, 0.15) is 17.7 Å². The van der Waals surface area contributed by atoms with Crippen LogP contribution in [0, 0.1) is 0 Å². The molecule has 0 amide bonds. The molecule has 0 fully saturated rings. The van der Waals surface area contributed by atoms with E-state index in [0.29, 0.717) is 0 Å². The van der Waals surface area contributed by atoms with Crippen molar-refractivity contribution in [3.05, 3.63) is 71.1 Å². The summed E-state index contributed by atoms with van der Waals surface area (Å²) in [5.74, 6) is 0. The Morgan fingerprint density at radius 3 is 2.58 bits per heavy atom. The minimum Gasteiger partial charge on any atom is -0.309 e. The van der Waals surface area contributed by atoms with E-state index >= 15 is 0 Å². The van der Waals surface area contributed by atoms with Crippen molar-refractivity contribution in [3.63, 3.8) is 0 Å². The van der Waals surface area contributed by atoms with E-state index in [1.807, 2.05) is 42.7 Å². The van der Waals surface area contributed by atoms with Crippen molar-refractivity contribution in [1.29, 1.82) is 0 Å². The molecule has 0 unspecified atom stereocenters. The topological polar surface area (TPSA) is 32.3 Å². The first-order valence-electron chi connectivity index (χ1n) is 8.92. The van der Waals surface area contributed by atoms with Crippen LogP contribution in [0.2, 0.25) is 5.02 Å². The zero-order chi connectivity index (χ0) is 18.4. The van der Waals surface area contributed by atoms with Crippen LogP contribution in [0.4, 0.5) is 0 Å². The first-order chi connectivity index (χ1) is 12.6. The van der Waals surface area contributed by atoms with Gasteiger partial charge >= 0.3 is 0 Å². The normalized spacial score (nSPS) is 11.6. The summed E-state index contributed by atoms with van der Waals surface area (Å²) in [6, 6.07) is 14.1. The van der Waals surface area contributed by atoms with Crippen molar-refractivity contribution < 1.29 is 0 Å². The molecule has 0 radical (unpaired) electrons. The van der Waals surface area contributed by atoms with Crippen LogP contribution in [0.25, 0.3) is 10.9 Å². The second kappa shape index (κ2) is 9.08. The lowest BCUT2D eigenvalue weighted by Crippen LogP contribution is -2.27. The van der Waals surface area contributed by atoms with Crippen molar-refractivity contribution >= 4 is 22.5 Å². The van der Waals surface area contributed by atoms with E-state index in [0.717, 1.165) is 54.2 Å². The Morgan fingerprint density at radius 2 is 1.81 bits per heavy atom. The number of hydrogen-bond donors (Lipinski definition) is 0. The number of halogens is 1. The van der Waals surface area contributed by atoms with Gasteiger partial charge in [0.15, 0.2) is 0 Å². The highest BCUT2D eigenvalue weighted by Gasteiger charge is 2.11. The third kappa shape index (κ3) is 5.24. The van der Waals surface area contributed by atoms with Gasteiger partial charge in [0.1, 0.15) is 0 Å². The fourth-order valence-corrected chi connectivity index (χ4v) is 3.27. The zero-order valence-corrected chi connectivity index (χ0v) is 16.2. The molecule has 0 aliphatic carbocycles. The number of benzene rings is 1. The number of nitrogens with zero attached hydrogens (tertiary/aromatic N) is 4. The lowest BCUT2D eigenvalue weighted by molar-refractivity contribution is 0.238. The van der Waals surface area contributed by atoms with Gasteiger partial charge in [-0.3, -0.25) is 14.9 Å². The molecule has 2 aromatic heterocycles. The molecule has 3 rings (SSSR count). The summed E-state index contributed by atoms with van der Waals surface area (Å²) in [7, 11) is 4.23. The summed E-state index contributed by atoms with van der Waals surface area (Å²) in [5.41, 5.74) is 3.32. The minimum absolute atomic E-state index is 0.746. The third-order valence-corrected chi connectivity index (χ3v) is 4.61.